The van der Waals surface area contributed by atoms with Crippen LogP contribution in [0, 0.1) is 0 Å². The molecule has 1 fully saturated rings. The minimum absolute atomic E-state index is 0.0223. The summed E-state index contributed by atoms with van der Waals surface area (Å²) in [6.07, 6.45) is -3.66. The predicted molar refractivity (Wildman–Crippen MR) is 113 cm³/mol. The van der Waals surface area contributed by atoms with Gasteiger partial charge in [0.2, 0.25) is 11.8 Å². The maximum absolute atomic E-state index is 13.0. The Balaban J connectivity index is 1.50. The SMILES string of the molecule is CC(C)(C(=O)N1CCN(C(=O)CSc2ccc(C(F)(F)F)cn2)CC1)c1ccccc1. The summed E-state index contributed by atoms with van der Waals surface area (Å²) in [5, 5.41) is 0.361. The number of hydrogen-bond acceptors (Lipinski definition) is 4. The molecule has 0 spiro atoms. The third kappa shape index (κ3) is 5.58. The number of rotatable bonds is 5. The van der Waals surface area contributed by atoms with Crippen molar-refractivity contribution in [1.82, 2.24) is 14.8 Å². The van der Waals surface area contributed by atoms with E-state index < -0.39 is 17.2 Å². The highest BCUT2D eigenvalue weighted by molar-refractivity contribution is 7.99. The number of amides is 2. The van der Waals surface area contributed by atoms with Gasteiger partial charge < -0.3 is 9.80 Å². The Labute approximate surface area is 183 Å². The van der Waals surface area contributed by atoms with Crippen molar-refractivity contribution < 1.29 is 22.8 Å². The van der Waals surface area contributed by atoms with Crippen LogP contribution in [0.1, 0.15) is 25.0 Å². The lowest BCUT2D eigenvalue weighted by Crippen LogP contribution is -2.54. The van der Waals surface area contributed by atoms with E-state index in [1.807, 2.05) is 44.2 Å². The van der Waals surface area contributed by atoms with Crippen molar-refractivity contribution in [1.29, 1.82) is 0 Å². The van der Waals surface area contributed by atoms with E-state index in [9.17, 15) is 22.8 Å². The van der Waals surface area contributed by atoms with Gasteiger partial charge in [0.1, 0.15) is 0 Å². The fourth-order valence-corrected chi connectivity index (χ4v) is 4.14. The number of hydrogen-bond donors (Lipinski definition) is 0. The van der Waals surface area contributed by atoms with Crippen LogP contribution in [0.25, 0.3) is 0 Å². The number of aromatic nitrogens is 1. The number of benzene rings is 1. The van der Waals surface area contributed by atoms with Crippen LogP contribution in [-0.2, 0) is 21.2 Å². The standard InChI is InChI=1S/C22H24F3N3O2S/c1-21(2,16-6-4-3-5-7-16)20(30)28-12-10-27(11-13-28)19(29)15-31-18-9-8-17(14-26-18)22(23,24)25/h3-9,14H,10-13,15H2,1-2H3. The molecule has 31 heavy (non-hydrogen) atoms. The van der Waals surface area contributed by atoms with Crippen molar-refractivity contribution in [2.45, 2.75) is 30.5 Å². The summed E-state index contributed by atoms with van der Waals surface area (Å²) in [4.78, 5) is 32.8. The predicted octanol–water partition coefficient (Wildman–Crippen LogP) is 3.84. The van der Waals surface area contributed by atoms with Gasteiger partial charge in [-0.2, -0.15) is 13.2 Å². The van der Waals surface area contributed by atoms with Crippen LogP contribution in [0.2, 0.25) is 0 Å². The van der Waals surface area contributed by atoms with Gasteiger partial charge in [-0.1, -0.05) is 42.1 Å². The molecule has 0 saturated carbocycles. The molecular formula is C22H24F3N3O2S. The number of pyridine rings is 1. The summed E-state index contributed by atoms with van der Waals surface area (Å²) in [6, 6.07) is 11.8. The normalized spacial score (nSPS) is 15.1. The molecule has 2 heterocycles. The van der Waals surface area contributed by atoms with Gasteiger partial charge in [0.15, 0.2) is 0 Å². The highest BCUT2D eigenvalue weighted by atomic mass is 32.2. The first-order valence-corrected chi connectivity index (χ1v) is 10.9. The Kier molecular flexibility index (Phi) is 6.93. The highest BCUT2D eigenvalue weighted by Gasteiger charge is 2.35. The molecule has 0 atom stereocenters. The summed E-state index contributed by atoms with van der Waals surface area (Å²) < 4.78 is 37.8. The molecule has 0 N–H and O–H groups in total. The molecule has 0 bridgehead atoms. The topological polar surface area (TPSA) is 53.5 Å². The van der Waals surface area contributed by atoms with E-state index in [4.69, 9.17) is 0 Å². The number of thioether (sulfide) groups is 1. The van der Waals surface area contributed by atoms with E-state index in [0.717, 1.165) is 29.6 Å². The van der Waals surface area contributed by atoms with Crippen molar-refractivity contribution in [3.05, 3.63) is 59.8 Å². The van der Waals surface area contributed by atoms with Crippen molar-refractivity contribution in [3.8, 4) is 0 Å². The van der Waals surface area contributed by atoms with Gasteiger partial charge in [0.25, 0.3) is 0 Å². The number of piperazine rings is 1. The third-order valence-corrected chi connectivity index (χ3v) is 6.29. The zero-order valence-corrected chi connectivity index (χ0v) is 18.2. The van der Waals surface area contributed by atoms with Crippen molar-refractivity contribution in [2.24, 2.45) is 0 Å². The second kappa shape index (κ2) is 9.30. The van der Waals surface area contributed by atoms with E-state index in [2.05, 4.69) is 4.98 Å². The molecule has 2 aromatic rings. The fourth-order valence-electron chi connectivity index (χ4n) is 3.39. The summed E-state index contributed by atoms with van der Waals surface area (Å²) in [5.41, 5.74) is -0.529. The second-order valence-corrected chi connectivity index (χ2v) is 8.83. The number of carbonyl (C=O) groups excluding carboxylic acids is 2. The molecule has 0 aliphatic carbocycles. The van der Waals surface area contributed by atoms with Crippen molar-refractivity contribution in [2.75, 3.05) is 31.9 Å². The molecule has 1 aliphatic rings. The van der Waals surface area contributed by atoms with Crippen LogP contribution >= 0.6 is 11.8 Å². The molecular weight excluding hydrogens is 427 g/mol. The van der Waals surface area contributed by atoms with Gasteiger partial charge in [0, 0.05) is 32.4 Å². The van der Waals surface area contributed by atoms with Crippen LogP contribution in [0.15, 0.2) is 53.7 Å². The summed E-state index contributed by atoms with van der Waals surface area (Å²) in [5.74, 6) is -0.0165. The first-order chi connectivity index (χ1) is 14.6. The molecule has 3 rings (SSSR count). The Hall–Kier alpha value is -2.55. The quantitative estimate of drug-likeness (QED) is 0.649. The first kappa shape index (κ1) is 23.1. The van der Waals surface area contributed by atoms with E-state index in [-0.39, 0.29) is 17.6 Å². The average Bonchev–Trinajstić information content (AvgIpc) is 2.77. The van der Waals surface area contributed by atoms with Crippen LogP contribution < -0.4 is 0 Å². The smallest absolute Gasteiger partial charge is 0.338 e. The highest BCUT2D eigenvalue weighted by Crippen LogP contribution is 2.30. The molecule has 0 radical (unpaired) electrons. The van der Waals surface area contributed by atoms with Gasteiger partial charge in [-0.25, -0.2) is 4.98 Å². The molecule has 1 saturated heterocycles. The van der Waals surface area contributed by atoms with Gasteiger partial charge in [-0.05, 0) is 31.5 Å². The van der Waals surface area contributed by atoms with Gasteiger partial charge >= 0.3 is 6.18 Å². The van der Waals surface area contributed by atoms with E-state index >= 15 is 0 Å². The van der Waals surface area contributed by atoms with E-state index in [0.29, 0.717) is 31.2 Å². The van der Waals surface area contributed by atoms with Crippen LogP contribution in [-0.4, -0.2) is 58.5 Å². The largest absolute Gasteiger partial charge is 0.417 e. The van der Waals surface area contributed by atoms with E-state index in [1.54, 1.807) is 9.80 Å². The zero-order chi connectivity index (χ0) is 22.6. The summed E-state index contributed by atoms with van der Waals surface area (Å²) in [7, 11) is 0. The lowest BCUT2D eigenvalue weighted by molar-refractivity contribution is -0.141. The first-order valence-electron chi connectivity index (χ1n) is 9.88. The van der Waals surface area contributed by atoms with Gasteiger partial charge in [0.05, 0.1) is 21.8 Å². The Morgan fingerprint density at radius 2 is 1.55 bits per heavy atom. The fraction of sp³-hybridized carbons (Fsp3) is 0.409. The zero-order valence-electron chi connectivity index (χ0n) is 17.4. The van der Waals surface area contributed by atoms with Gasteiger partial charge in [-0.15, -0.1) is 0 Å². The van der Waals surface area contributed by atoms with Crippen LogP contribution in [0.4, 0.5) is 13.2 Å². The van der Waals surface area contributed by atoms with Crippen LogP contribution in [0.5, 0.6) is 0 Å². The molecule has 1 aromatic carbocycles. The molecule has 1 aromatic heterocycles. The van der Waals surface area contributed by atoms with E-state index in [1.165, 1.54) is 6.07 Å². The van der Waals surface area contributed by atoms with Crippen LogP contribution in [0.3, 0.4) is 0 Å². The van der Waals surface area contributed by atoms with Crippen molar-refractivity contribution in [3.63, 3.8) is 0 Å². The molecule has 166 valence electrons. The Bertz CT molecular complexity index is 910. The van der Waals surface area contributed by atoms with Gasteiger partial charge in [-0.3, -0.25) is 9.59 Å². The number of carbonyl (C=O) groups is 2. The molecule has 0 unspecified atom stereocenters. The summed E-state index contributed by atoms with van der Waals surface area (Å²) >= 11 is 1.10. The maximum atomic E-state index is 13.0. The molecule has 9 heteroatoms. The number of alkyl halides is 3. The Morgan fingerprint density at radius 3 is 2.10 bits per heavy atom. The third-order valence-electron chi connectivity index (χ3n) is 5.36. The minimum Gasteiger partial charge on any atom is -0.338 e. The monoisotopic (exact) mass is 451 g/mol. The lowest BCUT2D eigenvalue weighted by Gasteiger charge is -2.38. The lowest BCUT2D eigenvalue weighted by atomic mass is 9.83. The molecule has 5 nitrogen and oxygen atoms in total. The molecule has 1 aliphatic heterocycles. The second-order valence-electron chi connectivity index (χ2n) is 7.84. The summed E-state index contributed by atoms with van der Waals surface area (Å²) in [6.45, 7) is 5.55. The number of halogens is 3. The number of nitrogens with zero attached hydrogens (tertiary/aromatic N) is 3. The Morgan fingerprint density at radius 1 is 0.935 bits per heavy atom. The maximum Gasteiger partial charge on any atom is 0.417 e. The van der Waals surface area contributed by atoms with Crippen molar-refractivity contribution >= 4 is 23.6 Å². The minimum atomic E-state index is -4.43. The molecule has 2 amide bonds. The average molecular weight is 452 g/mol.